The van der Waals surface area contributed by atoms with Gasteiger partial charge in [-0.05, 0) is 36.4 Å². The third kappa shape index (κ3) is 3.04. The number of hydrogen-bond donors (Lipinski definition) is 2. The summed E-state index contributed by atoms with van der Waals surface area (Å²) in [6, 6.07) is 13.0. The van der Waals surface area contributed by atoms with E-state index in [1.54, 1.807) is 0 Å². The second-order valence-electron chi connectivity index (χ2n) is 4.49. The number of aromatic nitrogens is 2. The zero-order valence-electron chi connectivity index (χ0n) is 11.2. The van der Waals surface area contributed by atoms with Gasteiger partial charge in [0.15, 0.2) is 5.69 Å². The molecule has 0 radical (unpaired) electrons. The molecule has 1 aromatic heterocycles. The Labute approximate surface area is 133 Å². The van der Waals surface area contributed by atoms with Crippen molar-refractivity contribution in [3.05, 3.63) is 69.2 Å². The lowest BCUT2D eigenvalue weighted by Crippen LogP contribution is -1.96. The van der Waals surface area contributed by atoms with Crippen LogP contribution in [0.15, 0.2) is 68.0 Å². The number of halogens is 2. The van der Waals surface area contributed by atoms with Crippen LogP contribution in [0.5, 0.6) is 0 Å². The molecule has 22 heavy (non-hydrogen) atoms. The maximum atomic E-state index is 12.9. The first-order chi connectivity index (χ1) is 10.6. The third-order valence-corrected chi connectivity index (χ3v) is 3.45. The zero-order chi connectivity index (χ0) is 15.5. The number of benzene rings is 2. The minimum atomic E-state index is -0.374. The van der Waals surface area contributed by atoms with Crippen LogP contribution in [0.1, 0.15) is 0 Å². The highest BCUT2D eigenvalue weighted by Gasteiger charge is 2.11. The van der Waals surface area contributed by atoms with Gasteiger partial charge in [-0.3, -0.25) is 15.0 Å². The standard InChI is InChI=1S/C15H10BrFN4O/c16-10-3-1-2-9(8-10)13-14(15(22)21-19-13)20-18-12-6-4-11(17)5-7-12/h1-8H,(H2,19,21,22). The van der Waals surface area contributed by atoms with E-state index in [4.69, 9.17) is 0 Å². The number of H-pyrrole nitrogens is 2. The summed E-state index contributed by atoms with van der Waals surface area (Å²) in [6.45, 7) is 0. The predicted molar refractivity (Wildman–Crippen MR) is 85.1 cm³/mol. The molecule has 0 unspecified atom stereocenters. The lowest BCUT2D eigenvalue weighted by molar-refractivity contribution is 0.628. The number of nitrogens with zero attached hydrogens (tertiary/aromatic N) is 2. The first-order valence-electron chi connectivity index (χ1n) is 6.37. The number of hydrogen-bond acceptors (Lipinski definition) is 3. The van der Waals surface area contributed by atoms with Gasteiger partial charge in [0.1, 0.15) is 5.82 Å². The molecule has 7 heteroatoms. The van der Waals surface area contributed by atoms with Crippen molar-refractivity contribution in [2.75, 3.05) is 0 Å². The number of nitrogens with one attached hydrogen (secondary N) is 2. The van der Waals surface area contributed by atoms with Crippen LogP contribution in [-0.2, 0) is 0 Å². The van der Waals surface area contributed by atoms with E-state index < -0.39 is 0 Å². The second-order valence-corrected chi connectivity index (χ2v) is 5.41. The molecule has 0 bridgehead atoms. The van der Waals surface area contributed by atoms with Crippen LogP contribution in [0.2, 0.25) is 0 Å². The summed E-state index contributed by atoms with van der Waals surface area (Å²) in [5.41, 5.74) is 1.59. The zero-order valence-corrected chi connectivity index (χ0v) is 12.8. The summed E-state index contributed by atoms with van der Waals surface area (Å²) >= 11 is 3.38. The SMILES string of the molecule is O=c1[nH][nH]c(-c2cccc(Br)c2)c1N=Nc1ccc(F)cc1. The van der Waals surface area contributed by atoms with Crippen molar-refractivity contribution < 1.29 is 4.39 Å². The van der Waals surface area contributed by atoms with Crippen molar-refractivity contribution in [3.63, 3.8) is 0 Å². The maximum absolute atomic E-state index is 12.9. The van der Waals surface area contributed by atoms with Gasteiger partial charge in [-0.2, -0.15) is 5.11 Å². The van der Waals surface area contributed by atoms with Gasteiger partial charge in [-0.25, -0.2) is 4.39 Å². The summed E-state index contributed by atoms with van der Waals surface area (Å²) in [5, 5.41) is 13.2. The summed E-state index contributed by atoms with van der Waals surface area (Å²) in [6.07, 6.45) is 0. The summed E-state index contributed by atoms with van der Waals surface area (Å²) < 4.78 is 13.7. The molecule has 0 aliphatic carbocycles. The smallest absolute Gasteiger partial charge is 0.292 e. The molecule has 0 aliphatic heterocycles. The Morgan fingerprint density at radius 3 is 2.50 bits per heavy atom. The molecule has 0 spiro atoms. The highest BCUT2D eigenvalue weighted by atomic mass is 79.9. The summed E-state index contributed by atoms with van der Waals surface area (Å²) in [5.74, 6) is -0.353. The highest BCUT2D eigenvalue weighted by molar-refractivity contribution is 9.10. The van der Waals surface area contributed by atoms with E-state index in [2.05, 4.69) is 36.4 Å². The molecule has 5 nitrogen and oxygen atoms in total. The molecule has 3 rings (SSSR count). The molecule has 2 aromatic carbocycles. The molecule has 0 saturated carbocycles. The van der Waals surface area contributed by atoms with Gasteiger partial charge >= 0.3 is 0 Å². The second kappa shape index (κ2) is 6.07. The third-order valence-electron chi connectivity index (χ3n) is 2.96. The fraction of sp³-hybridized carbons (Fsp3) is 0. The largest absolute Gasteiger partial charge is 0.295 e. The minimum absolute atomic E-state index is 0.169. The van der Waals surface area contributed by atoms with Crippen LogP contribution in [0.3, 0.4) is 0 Å². The Bertz CT molecular complexity index is 883. The van der Waals surface area contributed by atoms with Gasteiger partial charge in [0.25, 0.3) is 5.56 Å². The Morgan fingerprint density at radius 1 is 1.00 bits per heavy atom. The molecule has 110 valence electrons. The molecular weight excluding hydrogens is 351 g/mol. The lowest BCUT2D eigenvalue weighted by Gasteiger charge is -1.99. The number of aromatic amines is 2. The molecule has 1 heterocycles. The van der Waals surface area contributed by atoms with E-state index in [0.717, 1.165) is 10.0 Å². The molecule has 3 aromatic rings. The van der Waals surface area contributed by atoms with Gasteiger partial charge in [0, 0.05) is 10.0 Å². The van der Waals surface area contributed by atoms with Gasteiger partial charge in [-0.1, -0.05) is 28.1 Å². The van der Waals surface area contributed by atoms with E-state index in [0.29, 0.717) is 11.4 Å². The van der Waals surface area contributed by atoms with Crippen molar-refractivity contribution in [1.82, 2.24) is 10.2 Å². The topological polar surface area (TPSA) is 73.4 Å². The van der Waals surface area contributed by atoms with Crippen LogP contribution in [0, 0.1) is 5.82 Å². The Morgan fingerprint density at radius 2 is 1.77 bits per heavy atom. The molecule has 2 N–H and O–H groups in total. The molecule has 0 fully saturated rings. The molecular formula is C15H10BrFN4O. The van der Waals surface area contributed by atoms with Crippen LogP contribution in [-0.4, -0.2) is 10.2 Å². The Balaban J connectivity index is 1.99. The summed E-state index contributed by atoms with van der Waals surface area (Å²) in [7, 11) is 0. The molecule has 0 aliphatic rings. The Hall–Kier alpha value is -2.54. The highest BCUT2D eigenvalue weighted by Crippen LogP contribution is 2.28. The van der Waals surface area contributed by atoms with Crippen molar-refractivity contribution in [2.24, 2.45) is 10.2 Å². The average Bonchev–Trinajstić information content (AvgIpc) is 2.88. The molecule has 0 saturated heterocycles. The van der Waals surface area contributed by atoms with E-state index in [1.807, 2.05) is 24.3 Å². The summed E-state index contributed by atoms with van der Waals surface area (Å²) in [4.78, 5) is 11.9. The first kappa shape index (κ1) is 14.4. The van der Waals surface area contributed by atoms with E-state index in [1.165, 1.54) is 24.3 Å². The normalized spacial score (nSPS) is 11.2. The monoisotopic (exact) mass is 360 g/mol. The van der Waals surface area contributed by atoms with Gasteiger partial charge in [-0.15, -0.1) is 5.11 Å². The number of azo groups is 1. The fourth-order valence-electron chi connectivity index (χ4n) is 1.91. The van der Waals surface area contributed by atoms with E-state index >= 15 is 0 Å². The van der Waals surface area contributed by atoms with Gasteiger partial charge < -0.3 is 0 Å². The number of rotatable bonds is 3. The van der Waals surface area contributed by atoms with Gasteiger partial charge in [0.2, 0.25) is 0 Å². The van der Waals surface area contributed by atoms with Crippen LogP contribution in [0.25, 0.3) is 11.3 Å². The molecule has 0 amide bonds. The maximum Gasteiger partial charge on any atom is 0.292 e. The van der Waals surface area contributed by atoms with Crippen LogP contribution >= 0.6 is 15.9 Å². The van der Waals surface area contributed by atoms with Crippen LogP contribution < -0.4 is 5.56 Å². The van der Waals surface area contributed by atoms with Crippen molar-refractivity contribution in [1.29, 1.82) is 0 Å². The van der Waals surface area contributed by atoms with Crippen LogP contribution in [0.4, 0.5) is 15.8 Å². The predicted octanol–water partition coefficient (Wildman–Crippen LogP) is 4.69. The Kier molecular flexibility index (Phi) is 3.97. The van der Waals surface area contributed by atoms with Gasteiger partial charge in [0.05, 0.1) is 11.4 Å². The van der Waals surface area contributed by atoms with E-state index in [9.17, 15) is 9.18 Å². The van der Waals surface area contributed by atoms with Crippen molar-refractivity contribution in [3.8, 4) is 11.3 Å². The quantitative estimate of drug-likeness (QED) is 0.653. The minimum Gasteiger partial charge on any atom is -0.295 e. The van der Waals surface area contributed by atoms with Crippen molar-refractivity contribution >= 4 is 27.3 Å². The fourth-order valence-corrected chi connectivity index (χ4v) is 2.31. The lowest BCUT2D eigenvalue weighted by atomic mass is 10.1. The average molecular weight is 361 g/mol. The first-order valence-corrected chi connectivity index (χ1v) is 7.17. The molecule has 0 atom stereocenters. The van der Waals surface area contributed by atoms with Crippen molar-refractivity contribution in [2.45, 2.75) is 0 Å². The van der Waals surface area contributed by atoms with E-state index in [-0.39, 0.29) is 17.1 Å².